The number of furan rings is 4. The molecule has 4 aliphatic rings. The van der Waals surface area contributed by atoms with Crippen molar-refractivity contribution in [3.05, 3.63) is 336 Å². The normalized spacial score (nSPS) is 16.3. The third-order valence-electron chi connectivity index (χ3n) is 29.2. The highest BCUT2D eigenvalue weighted by Gasteiger charge is 2.50. The summed E-state index contributed by atoms with van der Waals surface area (Å²) in [6, 6.07) is 87.1. The number of imidazole rings is 3. The number of benzene rings is 12. The first kappa shape index (κ1) is 85.8. The molecule has 20 nitrogen and oxygen atoms in total. The van der Waals surface area contributed by atoms with Gasteiger partial charge in [-0.2, -0.15) is 5.10 Å². The van der Waals surface area contributed by atoms with Gasteiger partial charge in [-0.15, -0.1) is 0 Å². The van der Waals surface area contributed by atoms with Crippen molar-refractivity contribution < 1.29 is 17.7 Å². The van der Waals surface area contributed by atoms with E-state index in [-0.39, 0.29) is 46.8 Å². The molecule has 0 fully saturated rings. The maximum absolute atomic E-state index is 6.30. The molecule has 20 aromatic rings. The van der Waals surface area contributed by atoms with E-state index in [1.807, 2.05) is 81.5 Å². The van der Waals surface area contributed by atoms with Crippen LogP contribution in [-0.2, 0) is 50.3 Å². The van der Waals surface area contributed by atoms with Crippen LogP contribution in [0.2, 0.25) is 0 Å². The second kappa shape index (κ2) is 31.9. The highest BCUT2D eigenvalue weighted by molar-refractivity contribution is 6.11. The Bertz CT molecular complexity index is 8050. The van der Waals surface area contributed by atoms with Gasteiger partial charge in [0.2, 0.25) is 11.9 Å². The summed E-state index contributed by atoms with van der Waals surface area (Å²) in [6.07, 6.45) is 10.5. The number of anilines is 10. The molecule has 0 spiro atoms. The lowest BCUT2D eigenvalue weighted by Gasteiger charge is -2.43. The van der Waals surface area contributed by atoms with Crippen molar-refractivity contribution in [2.45, 2.75) is 171 Å². The summed E-state index contributed by atoms with van der Waals surface area (Å²) >= 11 is 0. The first-order valence-electron chi connectivity index (χ1n) is 46.7. The van der Waals surface area contributed by atoms with Crippen LogP contribution >= 0.6 is 0 Å². The highest BCUT2D eigenvalue weighted by Crippen LogP contribution is 2.57. The van der Waals surface area contributed by atoms with E-state index in [1.165, 1.54) is 116 Å². The van der Waals surface area contributed by atoms with Gasteiger partial charge in [-0.25, -0.2) is 15.0 Å². The van der Waals surface area contributed by atoms with Crippen molar-refractivity contribution in [1.82, 2.24) is 43.3 Å². The van der Waals surface area contributed by atoms with Gasteiger partial charge in [-0.05, 0) is 266 Å². The molecule has 134 heavy (non-hydrogen) atoms. The summed E-state index contributed by atoms with van der Waals surface area (Å²) in [5, 5.41) is 14.1. The van der Waals surface area contributed by atoms with Gasteiger partial charge >= 0.3 is 0 Å². The number of aromatic nitrogens is 8. The number of aryl methyl sites for hydroxylation is 9. The molecular weight excluding hydrogens is 1660 g/mol. The fourth-order valence-corrected chi connectivity index (χ4v) is 23.6. The molecule has 12 aromatic carbocycles. The summed E-state index contributed by atoms with van der Waals surface area (Å²) in [5.74, 6) is 5.09. The molecule has 676 valence electrons. The van der Waals surface area contributed by atoms with Crippen LogP contribution < -0.4 is 34.3 Å². The van der Waals surface area contributed by atoms with Crippen molar-refractivity contribution >= 4 is 156 Å². The lowest BCUT2D eigenvalue weighted by Crippen LogP contribution is -2.50. The Kier molecular flexibility index (Phi) is 20.5. The van der Waals surface area contributed by atoms with E-state index >= 15 is 0 Å². The fraction of sp³-hybridized carbons (Fsp3) is 0.263. The van der Waals surface area contributed by atoms with Gasteiger partial charge in [0.05, 0.1) is 79.2 Å². The first-order chi connectivity index (χ1) is 64.4. The topological polar surface area (TPSA) is 150 Å². The van der Waals surface area contributed by atoms with E-state index in [0.29, 0.717) is 0 Å². The van der Waals surface area contributed by atoms with Gasteiger partial charge in [0, 0.05) is 102 Å². The Morgan fingerprint density at radius 1 is 0.328 bits per heavy atom. The van der Waals surface area contributed by atoms with Gasteiger partial charge in [0.1, 0.15) is 86.8 Å². The van der Waals surface area contributed by atoms with E-state index in [2.05, 4.69) is 424 Å². The molecule has 20 heteroatoms. The zero-order valence-corrected chi connectivity index (χ0v) is 80.7. The van der Waals surface area contributed by atoms with Gasteiger partial charge in [-0.3, -0.25) is 14.5 Å². The molecule has 0 N–H and O–H groups in total. The minimum Gasteiger partial charge on any atom is -0.456 e. The van der Waals surface area contributed by atoms with Crippen molar-refractivity contribution in [3.8, 4) is 0 Å². The Balaban J connectivity index is 0.000000108. The molecule has 12 heterocycles. The average molecular weight is 1770 g/mol. The Morgan fingerprint density at radius 2 is 0.687 bits per heavy atom. The van der Waals surface area contributed by atoms with Crippen LogP contribution in [0.25, 0.3) is 98.8 Å². The molecular formula is C114H116N16O4. The molecule has 0 aliphatic carbocycles. The highest BCUT2D eigenvalue weighted by atomic mass is 16.3. The second-order valence-corrected chi connectivity index (χ2v) is 38.8. The lowest BCUT2D eigenvalue weighted by molar-refractivity contribution is 0.153. The molecule has 4 aliphatic heterocycles. The van der Waals surface area contributed by atoms with Crippen molar-refractivity contribution in [3.63, 3.8) is 0 Å². The van der Waals surface area contributed by atoms with Gasteiger partial charge < -0.3 is 60.8 Å². The van der Waals surface area contributed by atoms with E-state index in [4.69, 9.17) is 22.7 Å². The largest absolute Gasteiger partial charge is 0.456 e. The number of rotatable bonds is 12. The standard InChI is InChI=1S/C32H30N4O.C29H30N4O.C28H28N4O.C25H28N4O/c1-20-18-19-28-29(22-12-6-11-17-27(22)37-28)30(20)32(3,4)36-21(2)35(25-15-9-10-16-26(25)36)31-33-23-13-7-8-14-24(23)34(31)5;1-18-15-16-25-27(21-11-7-10-14-24(21)34-25)28(18)29(4,5)33-20(3)32(22-12-8-9-13-23(22)33)26-17-19(2)30-31(26)6;1-18-14-15-24-25(20-10-6-9-13-23(20)33-24)26(18)28(3,4)32-19(2)31(27-29-16-17-30(27)5)21-11-7-8-12-22(21)32;1-16-11-12-21-23(19-9-7-8-10-20(19)30-21)24(16)25(4,5)29-14-13-28(18(29)3)22-15-26-17(2)27(22)6/h6-19,21H,1-5H3;7-17,20H,1-6H3;6-17,19H,1-5H3;7-15,18H,1-6H3/t21-;20-;19-;18-/m1111/s1. The molecule has 0 saturated carbocycles. The number of para-hydroxylation sites is 12. The Morgan fingerprint density at radius 3 is 1.06 bits per heavy atom. The van der Waals surface area contributed by atoms with E-state index in [0.717, 1.165) is 96.1 Å². The van der Waals surface area contributed by atoms with Gasteiger partial charge in [0.15, 0.2) is 0 Å². The summed E-state index contributed by atoms with van der Waals surface area (Å²) < 4.78 is 33.4. The van der Waals surface area contributed by atoms with Crippen molar-refractivity contribution in [1.29, 1.82) is 0 Å². The van der Waals surface area contributed by atoms with Crippen LogP contribution in [0, 0.1) is 41.5 Å². The molecule has 4 atom stereocenters. The number of hydrogen-bond donors (Lipinski definition) is 0. The number of fused-ring (bicyclic) bond motifs is 16. The molecule has 0 unspecified atom stereocenters. The van der Waals surface area contributed by atoms with Crippen LogP contribution in [0.3, 0.4) is 0 Å². The zero-order valence-electron chi connectivity index (χ0n) is 80.7. The minimum absolute atomic E-state index is 0.0377. The van der Waals surface area contributed by atoms with Crippen LogP contribution in [0.15, 0.2) is 297 Å². The maximum atomic E-state index is 6.30. The lowest BCUT2D eigenvalue weighted by atomic mass is 9.84. The fourth-order valence-electron chi connectivity index (χ4n) is 23.6. The van der Waals surface area contributed by atoms with E-state index in [1.54, 1.807) is 0 Å². The first-order valence-corrected chi connectivity index (χ1v) is 46.7. The molecule has 24 rings (SSSR count). The minimum atomic E-state index is -0.342. The van der Waals surface area contributed by atoms with Crippen LogP contribution in [0.1, 0.15) is 139 Å². The molecule has 0 bridgehead atoms. The summed E-state index contributed by atoms with van der Waals surface area (Å²) in [6.45, 7) is 40.6. The molecule has 0 amide bonds. The third kappa shape index (κ3) is 13.2. The zero-order chi connectivity index (χ0) is 93.4. The van der Waals surface area contributed by atoms with Crippen LogP contribution in [-0.4, -0.2) is 68.0 Å². The molecule has 8 aromatic heterocycles. The summed E-state index contributed by atoms with van der Waals surface area (Å²) in [7, 11) is 8.24. The summed E-state index contributed by atoms with van der Waals surface area (Å²) in [5.41, 5.74) is 26.9. The summed E-state index contributed by atoms with van der Waals surface area (Å²) in [4.78, 5) is 33.7. The van der Waals surface area contributed by atoms with Crippen molar-refractivity contribution in [2.75, 3.05) is 34.3 Å². The van der Waals surface area contributed by atoms with E-state index in [9.17, 15) is 0 Å². The Hall–Kier alpha value is -14.9. The SMILES string of the molecule is Cc1cc(N2c3ccccc3N(C(C)(C)c3c(C)ccc4oc5ccccc5c34)[C@@H]2C)n(C)n1.Cc1ccc2oc3ccccc3c2c1C(C)(C)N1C=CN(c2cnc(C)n2C)[C@H]1C.Cc1ccc2oc3ccccc3c2c1C(C)(C)N1c2ccccc2N(c2nc3ccccc3n2C)[C@H]1C.Cc1ccc2oc3ccccc3c2c1C(C)(C)N1c2ccccc2N(c2nccn2C)[C@H]1C. The average Bonchev–Trinajstić information content (AvgIpc) is 1.56. The molecule has 0 saturated heterocycles. The molecule has 0 radical (unpaired) electrons. The third-order valence-corrected chi connectivity index (χ3v) is 29.2. The van der Waals surface area contributed by atoms with E-state index < -0.39 is 0 Å². The number of nitrogens with zero attached hydrogens (tertiary/aromatic N) is 16. The number of hydrogen-bond acceptors (Lipinski definition) is 16. The predicted octanol–water partition coefficient (Wildman–Crippen LogP) is 27.9. The van der Waals surface area contributed by atoms with Crippen LogP contribution in [0.4, 0.5) is 57.7 Å². The van der Waals surface area contributed by atoms with Crippen molar-refractivity contribution in [2.24, 2.45) is 28.2 Å². The van der Waals surface area contributed by atoms with Crippen LogP contribution in [0.5, 0.6) is 0 Å². The maximum Gasteiger partial charge on any atom is 0.212 e. The van der Waals surface area contributed by atoms with Gasteiger partial charge in [-0.1, -0.05) is 146 Å². The smallest absolute Gasteiger partial charge is 0.212 e. The second-order valence-electron chi connectivity index (χ2n) is 38.8. The predicted molar refractivity (Wildman–Crippen MR) is 550 cm³/mol. The quantitative estimate of drug-likeness (QED) is 0.114. The Labute approximate surface area is 782 Å². The monoisotopic (exact) mass is 1770 g/mol. The van der Waals surface area contributed by atoms with Gasteiger partial charge in [0.25, 0.3) is 0 Å².